The van der Waals surface area contributed by atoms with Gasteiger partial charge in [0.15, 0.2) is 0 Å². The van der Waals surface area contributed by atoms with Crippen LogP contribution in [0.3, 0.4) is 0 Å². The van der Waals surface area contributed by atoms with Crippen molar-refractivity contribution in [2.45, 2.75) is 84.3 Å². The van der Waals surface area contributed by atoms with Gasteiger partial charge in [-0.1, -0.05) is 65.8 Å². The van der Waals surface area contributed by atoms with E-state index in [1.807, 2.05) is 27.7 Å². The minimum absolute atomic E-state index is 0.107. The lowest BCUT2D eigenvalue weighted by atomic mass is 9.84. The molecule has 4 amide bonds. The number of ether oxygens (including phenoxy) is 1. The zero-order chi connectivity index (χ0) is 32.6. The fourth-order valence-electron chi connectivity index (χ4n) is 5.29. The summed E-state index contributed by atoms with van der Waals surface area (Å²) in [6.07, 6.45) is 0.691. The second kappa shape index (κ2) is 15.2. The van der Waals surface area contributed by atoms with E-state index in [9.17, 15) is 23.6 Å². The number of carbonyl (C=O) groups is 4. The molecule has 9 nitrogen and oxygen atoms in total. The number of hydrogen-bond donors (Lipinski definition) is 3. The predicted molar refractivity (Wildman–Crippen MR) is 168 cm³/mol. The zero-order valence-electron chi connectivity index (χ0n) is 26.9. The fraction of sp³-hybridized carbons (Fsp3) is 0.529. The number of likely N-dealkylation sites (N-methyl/N-ethyl adjacent to an activating group) is 1. The van der Waals surface area contributed by atoms with Gasteiger partial charge in [-0.2, -0.15) is 0 Å². The second-order valence-electron chi connectivity index (χ2n) is 13.1. The first kappa shape index (κ1) is 34.5. The molecule has 0 saturated carbocycles. The van der Waals surface area contributed by atoms with Gasteiger partial charge in [0.05, 0.1) is 18.0 Å². The Morgan fingerprint density at radius 2 is 1.64 bits per heavy atom. The highest BCUT2D eigenvalue weighted by Crippen LogP contribution is 2.24. The van der Waals surface area contributed by atoms with Gasteiger partial charge in [0, 0.05) is 19.0 Å². The third-order valence-corrected chi connectivity index (χ3v) is 7.88. The third-order valence-electron chi connectivity index (χ3n) is 7.88. The molecule has 1 aliphatic heterocycles. The Morgan fingerprint density at radius 1 is 1.00 bits per heavy atom. The highest BCUT2D eigenvalue weighted by Gasteiger charge is 2.33. The fourth-order valence-corrected chi connectivity index (χ4v) is 5.29. The summed E-state index contributed by atoms with van der Waals surface area (Å²) in [5.41, 5.74) is 0.459. The van der Waals surface area contributed by atoms with Crippen LogP contribution in [0.25, 0.3) is 0 Å². The molecule has 2 aromatic rings. The highest BCUT2D eigenvalue weighted by atomic mass is 19.1. The van der Waals surface area contributed by atoms with Crippen LogP contribution in [0.1, 0.15) is 76.7 Å². The lowest BCUT2D eigenvalue weighted by molar-refractivity contribution is -0.138. The smallest absolute Gasteiger partial charge is 0.255 e. The summed E-state index contributed by atoms with van der Waals surface area (Å²) < 4.78 is 19.6. The van der Waals surface area contributed by atoms with Gasteiger partial charge in [-0.15, -0.1) is 0 Å². The van der Waals surface area contributed by atoms with E-state index < -0.39 is 35.2 Å². The van der Waals surface area contributed by atoms with Crippen molar-refractivity contribution < 1.29 is 28.3 Å². The number of carbonyl (C=O) groups excluding carboxylic acids is 4. The molecule has 44 heavy (non-hydrogen) atoms. The van der Waals surface area contributed by atoms with Crippen molar-refractivity contribution in [3.63, 3.8) is 0 Å². The van der Waals surface area contributed by atoms with Gasteiger partial charge in [-0.05, 0) is 54.5 Å². The standard InChI is InChI=1S/C34H47FN4O5/c1-21(2)16-25-19-44-29-11-9-8-10-26(29)31(41)38-27(18-30(40)37-28(17-22(3)4)33(43)39(25)7)32(42)36-20-34(5,6)23-12-14-24(35)15-13-23/h8-15,21-22,25,27-28H,16-20H2,1-7H3,(H,36,42)(H,37,40)(H,38,41)/t25-,27-,28+/m0/s1. The monoisotopic (exact) mass is 610 g/mol. The van der Waals surface area contributed by atoms with Crippen LogP contribution in [-0.2, 0) is 19.8 Å². The van der Waals surface area contributed by atoms with Gasteiger partial charge in [-0.3, -0.25) is 19.2 Å². The molecule has 0 radical (unpaired) electrons. The Kier molecular flexibility index (Phi) is 11.9. The van der Waals surface area contributed by atoms with Crippen LogP contribution in [0.4, 0.5) is 4.39 Å². The van der Waals surface area contributed by atoms with Gasteiger partial charge in [-0.25, -0.2) is 4.39 Å². The molecule has 0 bridgehead atoms. The van der Waals surface area contributed by atoms with E-state index in [2.05, 4.69) is 29.8 Å². The van der Waals surface area contributed by atoms with Crippen molar-refractivity contribution in [1.82, 2.24) is 20.9 Å². The van der Waals surface area contributed by atoms with Gasteiger partial charge in [0.25, 0.3) is 5.91 Å². The summed E-state index contributed by atoms with van der Waals surface area (Å²) in [4.78, 5) is 55.8. The Hall–Kier alpha value is -3.95. The predicted octanol–water partition coefficient (Wildman–Crippen LogP) is 4.20. The van der Waals surface area contributed by atoms with Crippen molar-refractivity contribution in [3.8, 4) is 5.75 Å². The van der Waals surface area contributed by atoms with Crippen LogP contribution in [0.15, 0.2) is 48.5 Å². The van der Waals surface area contributed by atoms with Gasteiger partial charge in [0.2, 0.25) is 17.7 Å². The molecule has 0 aromatic heterocycles. The summed E-state index contributed by atoms with van der Waals surface area (Å²) in [6, 6.07) is 10.4. The van der Waals surface area contributed by atoms with Crippen molar-refractivity contribution in [3.05, 3.63) is 65.5 Å². The molecule has 3 atom stereocenters. The van der Waals surface area contributed by atoms with E-state index in [0.717, 1.165) is 5.56 Å². The SMILES string of the molecule is CC(C)C[C@H]1COc2ccccc2C(=O)N[C@H](C(=O)NCC(C)(C)c2ccc(F)cc2)CC(=O)N[C@H](CC(C)C)C(=O)N1C. The highest BCUT2D eigenvalue weighted by molar-refractivity contribution is 6.01. The Morgan fingerprint density at radius 3 is 2.27 bits per heavy atom. The molecule has 0 spiro atoms. The van der Waals surface area contributed by atoms with E-state index >= 15 is 0 Å². The molecular formula is C34H47FN4O5. The maximum atomic E-state index is 13.8. The van der Waals surface area contributed by atoms with Crippen LogP contribution < -0.4 is 20.7 Å². The van der Waals surface area contributed by atoms with Crippen LogP contribution in [0, 0.1) is 17.7 Å². The molecule has 3 N–H and O–H groups in total. The first-order chi connectivity index (χ1) is 20.7. The molecule has 0 unspecified atom stereocenters. The maximum Gasteiger partial charge on any atom is 0.255 e. The topological polar surface area (TPSA) is 117 Å². The number of amides is 4. The summed E-state index contributed by atoms with van der Waals surface area (Å²) in [5.74, 6) is -1.56. The number of halogens is 1. The van der Waals surface area contributed by atoms with Crippen LogP contribution in [0.2, 0.25) is 0 Å². The van der Waals surface area contributed by atoms with Crippen molar-refractivity contribution in [2.75, 3.05) is 20.2 Å². The van der Waals surface area contributed by atoms with Crippen LogP contribution in [0.5, 0.6) is 5.75 Å². The van der Waals surface area contributed by atoms with Gasteiger partial charge in [0.1, 0.15) is 30.3 Å². The number of rotatable bonds is 8. The van der Waals surface area contributed by atoms with E-state index in [1.165, 1.54) is 12.1 Å². The molecular weight excluding hydrogens is 563 g/mol. The Bertz CT molecular complexity index is 1310. The van der Waals surface area contributed by atoms with Crippen molar-refractivity contribution in [2.24, 2.45) is 11.8 Å². The molecule has 0 saturated heterocycles. The van der Waals surface area contributed by atoms with E-state index in [4.69, 9.17) is 4.74 Å². The van der Waals surface area contributed by atoms with Crippen molar-refractivity contribution in [1.29, 1.82) is 0 Å². The van der Waals surface area contributed by atoms with E-state index in [-0.39, 0.29) is 54.7 Å². The van der Waals surface area contributed by atoms with Crippen molar-refractivity contribution >= 4 is 23.6 Å². The first-order valence-corrected chi connectivity index (χ1v) is 15.3. The molecule has 1 aliphatic rings. The molecule has 1 heterocycles. The number of nitrogens with one attached hydrogen (secondary N) is 3. The van der Waals surface area contributed by atoms with Gasteiger partial charge < -0.3 is 25.6 Å². The maximum absolute atomic E-state index is 13.8. The summed E-state index contributed by atoms with van der Waals surface area (Å²) in [7, 11) is 1.71. The molecule has 10 heteroatoms. The average Bonchev–Trinajstić information content (AvgIpc) is 2.96. The lowest BCUT2D eigenvalue weighted by Crippen LogP contribution is -2.55. The number of benzene rings is 2. The lowest BCUT2D eigenvalue weighted by Gasteiger charge is -2.34. The van der Waals surface area contributed by atoms with Crippen LogP contribution in [-0.4, -0.2) is 66.9 Å². The molecule has 3 rings (SSSR count). The summed E-state index contributed by atoms with van der Waals surface area (Å²) in [5, 5.41) is 8.42. The van der Waals surface area contributed by atoms with E-state index in [0.29, 0.717) is 18.6 Å². The third kappa shape index (κ3) is 9.53. The van der Waals surface area contributed by atoms with E-state index in [1.54, 1.807) is 48.3 Å². The minimum atomic E-state index is -1.23. The Labute approximate surface area is 260 Å². The normalized spacial score (nSPS) is 20.4. The Balaban J connectivity index is 1.93. The number of nitrogens with zero attached hydrogens (tertiary/aromatic N) is 1. The molecule has 240 valence electrons. The number of fused-ring (bicyclic) bond motifs is 1. The molecule has 0 aliphatic carbocycles. The van der Waals surface area contributed by atoms with Gasteiger partial charge >= 0.3 is 0 Å². The van der Waals surface area contributed by atoms with Crippen LogP contribution >= 0.6 is 0 Å². The average molecular weight is 611 g/mol. The number of para-hydroxylation sites is 1. The minimum Gasteiger partial charge on any atom is -0.491 e. The molecule has 0 fully saturated rings. The summed E-state index contributed by atoms with van der Waals surface area (Å²) in [6.45, 7) is 12.2. The second-order valence-corrected chi connectivity index (χ2v) is 13.1. The first-order valence-electron chi connectivity index (χ1n) is 15.3. The number of hydrogen-bond acceptors (Lipinski definition) is 5. The quantitative estimate of drug-likeness (QED) is 0.414. The largest absolute Gasteiger partial charge is 0.491 e. The summed E-state index contributed by atoms with van der Waals surface area (Å²) >= 11 is 0. The molecule has 2 aromatic carbocycles. The zero-order valence-corrected chi connectivity index (χ0v) is 26.9.